The third-order valence-corrected chi connectivity index (χ3v) is 4.50. The molecule has 0 heterocycles. The molecule has 0 aliphatic heterocycles. The molecule has 1 aromatic carbocycles. The van der Waals surface area contributed by atoms with E-state index in [0.29, 0.717) is 18.0 Å². The molecule has 0 saturated heterocycles. The minimum Gasteiger partial charge on any atom is -0.453 e. The van der Waals surface area contributed by atoms with E-state index >= 15 is 0 Å². The number of ether oxygens (including phenoxy) is 1. The molecule has 1 aliphatic carbocycles. The molecule has 2 rings (SSSR count). The summed E-state index contributed by atoms with van der Waals surface area (Å²) in [4.78, 5) is 34.0. The number of benzene rings is 1. The first-order valence-electron chi connectivity index (χ1n) is 8.70. The molecule has 1 saturated carbocycles. The first kappa shape index (κ1) is 18.9. The smallest absolute Gasteiger partial charge is 0.306 e. The SMILES string of the molecule is C[C@H](OC(=O)CCC1CCCCC1)C(=O)Nc1ccc([N+](=O)[O-])cc1. The van der Waals surface area contributed by atoms with E-state index in [9.17, 15) is 19.7 Å². The topological polar surface area (TPSA) is 98.5 Å². The maximum Gasteiger partial charge on any atom is 0.306 e. The zero-order valence-electron chi connectivity index (χ0n) is 14.4. The number of hydrogen-bond donors (Lipinski definition) is 1. The molecule has 1 fully saturated rings. The molecule has 0 bridgehead atoms. The van der Waals surface area contributed by atoms with Gasteiger partial charge in [0, 0.05) is 24.2 Å². The second-order valence-corrected chi connectivity index (χ2v) is 6.47. The quantitative estimate of drug-likeness (QED) is 0.459. The molecule has 1 atom stereocenters. The van der Waals surface area contributed by atoms with Gasteiger partial charge in [0.2, 0.25) is 0 Å². The molecular formula is C18H24N2O5. The fourth-order valence-corrected chi connectivity index (χ4v) is 3.02. The standard InChI is InChI=1S/C18H24N2O5/c1-13(25-17(21)12-7-14-5-3-2-4-6-14)18(22)19-15-8-10-16(11-9-15)20(23)24/h8-11,13-14H,2-7,12H2,1H3,(H,19,22)/t13-/m0/s1. The number of nitro groups is 1. The average Bonchev–Trinajstić information content (AvgIpc) is 2.61. The largest absolute Gasteiger partial charge is 0.453 e. The Bertz CT molecular complexity index is 608. The first-order chi connectivity index (χ1) is 12.0. The summed E-state index contributed by atoms with van der Waals surface area (Å²) in [6.07, 6.45) is 6.32. The molecule has 0 aromatic heterocycles. The summed E-state index contributed by atoms with van der Waals surface area (Å²) in [7, 11) is 0. The van der Waals surface area contributed by atoms with Crippen LogP contribution in [0.3, 0.4) is 0 Å². The second-order valence-electron chi connectivity index (χ2n) is 6.47. The maximum atomic E-state index is 12.1. The van der Waals surface area contributed by atoms with Crippen LogP contribution in [-0.2, 0) is 14.3 Å². The van der Waals surface area contributed by atoms with Gasteiger partial charge in [0.1, 0.15) is 0 Å². The summed E-state index contributed by atoms with van der Waals surface area (Å²) in [6.45, 7) is 1.51. The zero-order chi connectivity index (χ0) is 18.2. The number of nitro benzene ring substituents is 1. The Morgan fingerprint density at radius 2 is 1.88 bits per heavy atom. The molecule has 1 aliphatic rings. The van der Waals surface area contributed by atoms with Crippen molar-refractivity contribution in [1.82, 2.24) is 0 Å². The maximum absolute atomic E-state index is 12.1. The van der Waals surface area contributed by atoms with Gasteiger partial charge in [-0.3, -0.25) is 19.7 Å². The summed E-state index contributed by atoms with van der Waals surface area (Å²) in [5, 5.41) is 13.2. The Balaban J connectivity index is 1.74. The highest BCUT2D eigenvalue weighted by Crippen LogP contribution is 2.27. The van der Waals surface area contributed by atoms with Gasteiger partial charge >= 0.3 is 5.97 Å². The number of nitrogens with zero attached hydrogens (tertiary/aromatic N) is 1. The molecular weight excluding hydrogens is 324 g/mol. The lowest BCUT2D eigenvalue weighted by atomic mass is 9.86. The Kier molecular flexibility index (Phi) is 6.91. The van der Waals surface area contributed by atoms with Crippen LogP contribution >= 0.6 is 0 Å². The fourth-order valence-electron chi connectivity index (χ4n) is 3.02. The van der Waals surface area contributed by atoms with Gasteiger partial charge in [-0.1, -0.05) is 32.1 Å². The molecule has 136 valence electrons. The number of rotatable bonds is 7. The predicted molar refractivity (Wildman–Crippen MR) is 93.1 cm³/mol. The number of nitrogens with one attached hydrogen (secondary N) is 1. The van der Waals surface area contributed by atoms with Crippen LogP contribution in [0.25, 0.3) is 0 Å². The Labute approximate surface area is 146 Å². The lowest BCUT2D eigenvalue weighted by Crippen LogP contribution is -2.30. The Morgan fingerprint density at radius 1 is 1.24 bits per heavy atom. The minimum atomic E-state index is -0.908. The van der Waals surface area contributed by atoms with E-state index in [1.165, 1.54) is 63.3 Å². The molecule has 1 amide bonds. The van der Waals surface area contributed by atoms with Crippen molar-refractivity contribution in [3.8, 4) is 0 Å². The Morgan fingerprint density at radius 3 is 2.48 bits per heavy atom. The number of non-ortho nitro benzene ring substituents is 1. The monoisotopic (exact) mass is 348 g/mol. The van der Waals surface area contributed by atoms with Gasteiger partial charge in [-0.15, -0.1) is 0 Å². The van der Waals surface area contributed by atoms with Gasteiger partial charge in [0.15, 0.2) is 6.10 Å². The van der Waals surface area contributed by atoms with E-state index in [4.69, 9.17) is 4.74 Å². The summed E-state index contributed by atoms with van der Waals surface area (Å²) < 4.78 is 5.18. The highest BCUT2D eigenvalue weighted by Gasteiger charge is 2.20. The van der Waals surface area contributed by atoms with Gasteiger partial charge in [-0.05, 0) is 31.4 Å². The van der Waals surface area contributed by atoms with Crippen LogP contribution in [0.2, 0.25) is 0 Å². The van der Waals surface area contributed by atoms with Crippen molar-refractivity contribution < 1.29 is 19.2 Å². The molecule has 7 heteroatoms. The second kappa shape index (κ2) is 9.15. The Hall–Kier alpha value is -2.44. The van der Waals surface area contributed by atoms with E-state index in [2.05, 4.69) is 5.32 Å². The molecule has 0 unspecified atom stereocenters. The van der Waals surface area contributed by atoms with Crippen LogP contribution in [0.15, 0.2) is 24.3 Å². The first-order valence-corrected chi connectivity index (χ1v) is 8.70. The van der Waals surface area contributed by atoms with Gasteiger partial charge in [0.05, 0.1) is 4.92 Å². The van der Waals surface area contributed by atoms with E-state index in [1.54, 1.807) is 0 Å². The van der Waals surface area contributed by atoms with E-state index in [1.807, 2.05) is 0 Å². The van der Waals surface area contributed by atoms with Crippen LogP contribution in [-0.4, -0.2) is 22.9 Å². The summed E-state index contributed by atoms with van der Waals surface area (Å²) in [5.41, 5.74) is 0.362. The third-order valence-electron chi connectivity index (χ3n) is 4.50. The van der Waals surface area contributed by atoms with Gasteiger partial charge in [-0.25, -0.2) is 0 Å². The van der Waals surface area contributed by atoms with Crippen molar-refractivity contribution in [1.29, 1.82) is 0 Å². The number of esters is 1. The van der Waals surface area contributed by atoms with Crippen molar-refractivity contribution in [3.63, 3.8) is 0 Å². The molecule has 1 aromatic rings. The average molecular weight is 348 g/mol. The third kappa shape index (κ3) is 6.17. The van der Waals surface area contributed by atoms with Crippen LogP contribution in [0.4, 0.5) is 11.4 Å². The molecule has 7 nitrogen and oxygen atoms in total. The van der Waals surface area contributed by atoms with Crippen molar-refractivity contribution in [2.75, 3.05) is 5.32 Å². The highest BCUT2D eigenvalue weighted by atomic mass is 16.6. The van der Waals surface area contributed by atoms with E-state index in [-0.39, 0.29) is 11.7 Å². The lowest BCUT2D eigenvalue weighted by molar-refractivity contribution is -0.384. The summed E-state index contributed by atoms with van der Waals surface area (Å²) >= 11 is 0. The molecule has 1 N–H and O–H groups in total. The fraction of sp³-hybridized carbons (Fsp3) is 0.556. The molecule has 0 radical (unpaired) electrons. The molecule has 25 heavy (non-hydrogen) atoms. The van der Waals surface area contributed by atoms with Crippen LogP contribution in [0.1, 0.15) is 51.9 Å². The normalized spacial score (nSPS) is 16.0. The van der Waals surface area contributed by atoms with Crippen LogP contribution in [0, 0.1) is 16.0 Å². The summed E-state index contributed by atoms with van der Waals surface area (Å²) in [6, 6.07) is 5.48. The van der Waals surface area contributed by atoms with Gasteiger partial charge in [0.25, 0.3) is 11.6 Å². The van der Waals surface area contributed by atoms with E-state index in [0.717, 1.165) is 6.42 Å². The van der Waals surface area contributed by atoms with Crippen molar-refractivity contribution in [2.45, 2.75) is 58.0 Å². The van der Waals surface area contributed by atoms with Crippen molar-refractivity contribution in [2.24, 2.45) is 5.92 Å². The number of carbonyl (C=O) groups is 2. The highest BCUT2D eigenvalue weighted by molar-refractivity contribution is 5.95. The van der Waals surface area contributed by atoms with Crippen molar-refractivity contribution >= 4 is 23.3 Å². The van der Waals surface area contributed by atoms with Crippen molar-refractivity contribution in [3.05, 3.63) is 34.4 Å². The zero-order valence-corrected chi connectivity index (χ0v) is 14.4. The lowest BCUT2D eigenvalue weighted by Gasteiger charge is -2.21. The number of hydrogen-bond acceptors (Lipinski definition) is 5. The number of anilines is 1. The molecule has 0 spiro atoms. The number of amides is 1. The van der Waals surface area contributed by atoms with Gasteiger partial charge in [-0.2, -0.15) is 0 Å². The van der Waals surface area contributed by atoms with Crippen LogP contribution in [0.5, 0.6) is 0 Å². The number of carbonyl (C=O) groups excluding carboxylic acids is 2. The van der Waals surface area contributed by atoms with Gasteiger partial charge < -0.3 is 10.1 Å². The van der Waals surface area contributed by atoms with Crippen LogP contribution < -0.4 is 5.32 Å². The van der Waals surface area contributed by atoms with E-state index < -0.39 is 16.9 Å². The predicted octanol–water partition coefficient (Wildman–Crippen LogP) is 3.83. The minimum absolute atomic E-state index is 0.0554. The summed E-state index contributed by atoms with van der Waals surface area (Å²) in [5.74, 6) is -0.234.